The normalized spacial score (nSPS) is 22.3. The third-order valence-electron chi connectivity index (χ3n) is 5.27. The number of amides is 1. The summed E-state index contributed by atoms with van der Waals surface area (Å²) in [5.74, 6) is 0.546. The molecule has 1 heterocycles. The van der Waals surface area contributed by atoms with Crippen molar-refractivity contribution >= 4 is 17.4 Å². The van der Waals surface area contributed by atoms with Crippen LogP contribution in [0.25, 0.3) is 0 Å². The molecule has 2 aromatic rings. The predicted octanol–water partition coefficient (Wildman–Crippen LogP) is 3.17. The van der Waals surface area contributed by atoms with Crippen molar-refractivity contribution in [2.24, 2.45) is 5.41 Å². The minimum Gasteiger partial charge on any atom is -0.496 e. The molecule has 0 N–H and O–H groups in total. The van der Waals surface area contributed by atoms with Crippen LogP contribution in [0.2, 0.25) is 0 Å². The van der Waals surface area contributed by atoms with E-state index < -0.39 is 5.41 Å². The molecule has 1 atom stereocenters. The second kappa shape index (κ2) is 5.20. The standard InChI is InChI=1S/C20H19NO3/c1-13-6-8-14(9-7-13)21-11-10-20(19(21)23)12-16-15(18(20)22)4-3-5-17(16)24-2/h3-9H,10-12H2,1-2H3. The summed E-state index contributed by atoms with van der Waals surface area (Å²) >= 11 is 0. The van der Waals surface area contributed by atoms with Crippen LogP contribution in [0.15, 0.2) is 42.5 Å². The van der Waals surface area contributed by atoms with Crippen molar-refractivity contribution in [1.29, 1.82) is 0 Å². The van der Waals surface area contributed by atoms with Gasteiger partial charge in [0, 0.05) is 23.4 Å². The molecule has 2 aliphatic rings. The van der Waals surface area contributed by atoms with Gasteiger partial charge in [-0.05, 0) is 38.0 Å². The van der Waals surface area contributed by atoms with E-state index in [9.17, 15) is 9.59 Å². The molecule has 4 heteroatoms. The second-order valence-corrected chi connectivity index (χ2v) is 6.62. The molecule has 24 heavy (non-hydrogen) atoms. The van der Waals surface area contributed by atoms with E-state index >= 15 is 0 Å². The minimum atomic E-state index is -0.956. The summed E-state index contributed by atoms with van der Waals surface area (Å²) < 4.78 is 5.39. The fourth-order valence-corrected chi connectivity index (χ4v) is 3.91. The topological polar surface area (TPSA) is 46.6 Å². The Hall–Kier alpha value is -2.62. The number of anilines is 1. The van der Waals surface area contributed by atoms with Gasteiger partial charge in [0.1, 0.15) is 11.2 Å². The summed E-state index contributed by atoms with van der Waals surface area (Å²) in [6, 6.07) is 13.3. The lowest BCUT2D eigenvalue weighted by Crippen LogP contribution is -2.39. The number of Topliss-reactive ketones (excluding diaryl/α,β-unsaturated/α-hetero) is 1. The Morgan fingerprint density at radius 3 is 2.54 bits per heavy atom. The maximum Gasteiger partial charge on any atom is 0.241 e. The number of carbonyl (C=O) groups excluding carboxylic acids is 2. The van der Waals surface area contributed by atoms with E-state index in [4.69, 9.17) is 4.74 Å². The first-order valence-electron chi connectivity index (χ1n) is 8.16. The molecule has 0 radical (unpaired) electrons. The fraction of sp³-hybridized carbons (Fsp3) is 0.300. The Kier molecular flexibility index (Phi) is 3.23. The molecular weight excluding hydrogens is 302 g/mol. The molecule has 1 aliphatic heterocycles. The zero-order valence-electron chi connectivity index (χ0n) is 13.8. The van der Waals surface area contributed by atoms with Crippen LogP contribution in [0, 0.1) is 12.3 Å². The predicted molar refractivity (Wildman–Crippen MR) is 91.6 cm³/mol. The highest BCUT2D eigenvalue weighted by atomic mass is 16.5. The van der Waals surface area contributed by atoms with Crippen molar-refractivity contribution in [2.75, 3.05) is 18.6 Å². The first kappa shape index (κ1) is 14.9. The highest BCUT2D eigenvalue weighted by Gasteiger charge is 2.57. The van der Waals surface area contributed by atoms with Crippen molar-refractivity contribution in [3.8, 4) is 5.75 Å². The van der Waals surface area contributed by atoms with Crippen LogP contribution in [-0.4, -0.2) is 25.3 Å². The largest absolute Gasteiger partial charge is 0.496 e. The molecule has 2 aromatic carbocycles. The van der Waals surface area contributed by atoms with Gasteiger partial charge < -0.3 is 9.64 Å². The van der Waals surface area contributed by atoms with Gasteiger partial charge in [-0.2, -0.15) is 0 Å². The molecule has 122 valence electrons. The van der Waals surface area contributed by atoms with E-state index in [1.54, 1.807) is 18.1 Å². The molecular formula is C20H19NO3. The number of hydrogen-bond donors (Lipinski definition) is 0. The zero-order chi connectivity index (χ0) is 16.9. The monoisotopic (exact) mass is 321 g/mol. The van der Waals surface area contributed by atoms with Crippen molar-refractivity contribution in [1.82, 2.24) is 0 Å². The first-order valence-corrected chi connectivity index (χ1v) is 8.16. The number of ether oxygens (including phenoxy) is 1. The number of benzene rings is 2. The molecule has 1 fully saturated rings. The molecule has 1 saturated heterocycles. The Morgan fingerprint density at radius 1 is 1.08 bits per heavy atom. The highest BCUT2D eigenvalue weighted by molar-refractivity contribution is 6.22. The average molecular weight is 321 g/mol. The zero-order valence-corrected chi connectivity index (χ0v) is 13.8. The Morgan fingerprint density at radius 2 is 1.83 bits per heavy atom. The second-order valence-electron chi connectivity index (χ2n) is 6.62. The number of hydrogen-bond acceptors (Lipinski definition) is 3. The average Bonchev–Trinajstić information content (AvgIpc) is 3.08. The van der Waals surface area contributed by atoms with Crippen LogP contribution in [0.3, 0.4) is 0 Å². The Bertz CT molecular complexity index is 840. The maximum absolute atomic E-state index is 13.2. The van der Waals surface area contributed by atoms with Crippen LogP contribution in [-0.2, 0) is 11.2 Å². The number of fused-ring (bicyclic) bond motifs is 1. The minimum absolute atomic E-state index is 0.0592. The van der Waals surface area contributed by atoms with E-state index in [0.29, 0.717) is 30.7 Å². The van der Waals surface area contributed by atoms with Crippen molar-refractivity contribution in [2.45, 2.75) is 19.8 Å². The molecule has 1 spiro atoms. The quantitative estimate of drug-likeness (QED) is 0.798. The highest BCUT2D eigenvalue weighted by Crippen LogP contribution is 2.48. The number of rotatable bonds is 2. The van der Waals surface area contributed by atoms with Gasteiger partial charge in [0.05, 0.1) is 7.11 Å². The van der Waals surface area contributed by atoms with Crippen molar-refractivity contribution in [3.63, 3.8) is 0 Å². The van der Waals surface area contributed by atoms with Crippen molar-refractivity contribution < 1.29 is 14.3 Å². The summed E-state index contributed by atoms with van der Waals surface area (Å²) in [6.07, 6.45) is 0.989. The van der Waals surface area contributed by atoms with Crippen LogP contribution in [0.5, 0.6) is 5.75 Å². The van der Waals surface area contributed by atoms with Gasteiger partial charge in [-0.25, -0.2) is 0 Å². The Balaban J connectivity index is 1.72. The summed E-state index contributed by atoms with van der Waals surface area (Å²) in [5, 5.41) is 0. The van der Waals surface area contributed by atoms with E-state index in [1.807, 2.05) is 43.3 Å². The SMILES string of the molecule is COc1cccc2c1CC1(CCN(c3ccc(C)cc3)C1=O)C2=O. The van der Waals surface area contributed by atoms with Crippen LogP contribution < -0.4 is 9.64 Å². The summed E-state index contributed by atoms with van der Waals surface area (Å²) in [6.45, 7) is 2.59. The van der Waals surface area contributed by atoms with Gasteiger partial charge in [0.25, 0.3) is 0 Å². The number of methoxy groups -OCH3 is 1. The maximum atomic E-state index is 13.2. The molecule has 0 bridgehead atoms. The van der Waals surface area contributed by atoms with Gasteiger partial charge in [-0.1, -0.05) is 29.8 Å². The molecule has 1 aliphatic carbocycles. The number of nitrogens with zero attached hydrogens (tertiary/aromatic N) is 1. The van der Waals surface area contributed by atoms with Gasteiger partial charge in [-0.15, -0.1) is 0 Å². The number of aryl methyl sites for hydroxylation is 1. The first-order chi connectivity index (χ1) is 11.6. The van der Waals surface area contributed by atoms with Gasteiger partial charge in [-0.3, -0.25) is 9.59 Å². The number of ketones is 1. The fourth-order valence-electron chi connectivity index (χ4n) is 3.91. The summed E-state index contributed by atoms with van der Waals surface area (Å²) in [7, 11) is 1.60. The molecule has 1 amide bonds. The third-order valence-corrected chi connectivity index (χ3v) is 5.27. The number of carbonyl (C=O) groups is 2. The van der Waals surface area contributed by atoms with Crippen molar-refractivity contribution in [3.05, 3.63) is 59.2 Å². The Labute approximate surface area is 141 Å². The van der Waals surface area contributed by atoms with E-state index in [-0.39, 0.29) is 11.7 Å². The third kappa shape index (κ3) is 1.92. The van der Waals surface area contributed by atoms with Crippen LogP contribution >= 0.6 is 0 Å². The molecule has 0 saturated carbocycles. The van der Waals surface area contributed by atoms with E-state index in [0.717, 1.165) is 16.8 Å². The lowest BCUT2D eigenvalue weighted by atomic mass is 9.82. The van der Waals surface area contributed by atoms with Gasteiger partial charge in [0.2, 0.25) is 5.91 Å². The summed E-state index contributed by atoms with van der Waals surface area (Å²) in [4.78, 5) is 27.9. The lowest BCUT2D eigenvalue weighted by Gasteiger charge is -2.21. The molecule has 4 nitrogen and oxygen atoms in total. The van der Waals surface area contributed by atoms with Gasteiger partial charge >= 0.3 is 0 Å². The molecule has 1 unspecified atom stereocenters. The van der Waals surface area contributed by atoms with Crippen LogP contribution in [0.1, 0.15) is 27.9 Å². The summed E-state index contributed by atoms with van der Waals surface area (Å²) in [5.41, 5.74) is 2.55. The lowest BCUT2D eigenvalue weighted by molar-refractivity contribution is -0.123. The van der Waals surface area contributed by atoms with Gasteiger partial charge in [0.15, 0.2) is 5.78 Å². The van der Waals surface area contributed by atoms with Crippen LogP contribution in [0.4, 0.5) is 5.69 Å². The van der Waals surface area contributed by atoms with E-state index in [2.05, 4.69) is 0 Å². The molecule has 0 aromatic heterocycles. The smallest absolute Gasteiger partial charge is 0.241 e. The molecule has 4 rings (SSSR count). The van der Waals surface area contributed by atoms with E-state index in [1.165, 1.54) is 0 Å².